The van der Waals surface area contributed by atoms with E-state index in [4.69, 9.17) is 5.73 Å². The second-order valence-corrected chi connectivity index (χ2v) is 6.11. The molecule has 2 N–H and O–H groups in total. The SMILES string of the molecule is CCC(C)N(CC)S(=O)(=O)c1c(F)cc(N)cc1F. The molecule has 7 heteroatoms. The Bertz CT molecular complexity index is 538. The number of hydrogen-bond donors (Lipinski definition) is 1. The van der Waals surface area contributed by atoms with Gasteiger partial charge in [-0.05, 0) is 25.5 Å². The van der Waals surface area contributed by atoms with E-state index >= 15 is 0 Å². The second-order valence-electron chi connectivity index (χ2n) is 4.28. The molecule has 108 valence electrons. The highest BCUT2D eigenvalue weighted by Gasteiger charge is 2.32. The standard InChI is InChI=1S/C12H18F2N2O2S/c1-4-8(3)16(5-2)19(17,18)12-10(13)6-9(15)7-11(12)14/h6-8H,4-5,15H2,1-3H3. The molecule has 0 aromatic heterocycles. The van der Waals surface area contributed by atoms with Crippen molar-refractivity contribution in [2.24, 2.45) is 0 Å². The normalized spacial score (nSPS) is 13.8. The van der Waals surface area contributed by atoms with Crippen LogP contribution in [0.2, 0.25) is 0 Å². The fourth-order valence-electron chi connectivity index (χ4n) is 1.87. The molecule has 0 aliphatic heterocycles. The van der Waals surface area contributed by atoms with Crippen LogP contribution in [0.5, 0.6) is 0 Å². The van der Waals surface area contributed by atoms with Crippen molar-refractivity contribution in [3.63, 3.8) is 0 Å². The molecule has 0 aliphatic rings. The summed E-state index contributed by atoms with van der Waals surface area (Å²) in [5, 5.41) is 0. The zero-order chi connectivity index (χ0) is 14.8. The minimum atomic E-state index is -4.21. The van der Waals surface area contributed by atoms with Crippen LogP contribution in [-0.2, 0) is 10.0 Å². The quantitative estimate of drug-likeness (QED) is 0.847. The van der Waals surface area contributed by atoms with Crippen LogP contribution in [0, 0.1) is 11.6 Å². The van der Waals surface area contributed by atoms with Crippen molar-refractivity contribution < 1.29 is 17.2 Å². The summed E-state index contributed by atoms with van der Waals surface area (Å²) < 4.78 is 53.2. The molecule has 19 heavy (non-hydrogen) atoms. The first-order chi connectivity index (χ1) is 8.75. The summed E-state index contributed by atoms with van der Waals surface area (Å²) in [6, 6.07) is 1.27. The zero-order valence-corrected chi connectivity index (χ0v) is 12.0. The summed E-state index contributed by atoms with van der Waals surface area (Å²) in [5.41, 5.74) is 5.13. The van der Waals surface area contributed by atoms with Gasteiger partial charge in [0.1, 0.15) is 11.6 Å². The third-order valence-electron chi connectivity index (χ3n) is 2.98. The van der Waals surface area contributed by atoms with Gasteiger partial charge in [0.25, 0.3) is 0 Å². The smallest absolute Gasteiger partial charge is 0.249 e. The van der Waals surface area contributed by atoms with E-state index < -0.39 is 26.6 Å². The summed E-state index contributed by atoms with van der Waals surface area (Å²) in [6.07, 6.45) is 0.547. The average Bonchev–Trinajstić information content (AvgIpc) is 2.27. The van der Waals surface area contributed by atoms with Gasteiger partial charge in [-0.25, -0.2) is 17.2 Å². The lowest BCUT2D eigenvalue weighted by Gasteiger charge is -2.26. The van der Waals surface area contributed by atoms with Crippen LogP contribution in [0.1, 0.15) is 27.2 Å². The Morgan fingerprint density at radius 3 is 2.11 bits per heavy atom. The average molecular weight is 292 g/mol. The monoisotopic (exact) mass is 292 g/mol. The largest absolute Gasteiger partial charge is 0.399 e. The minimum absolute atomic E-state index is 0.139. The van der Waals surface area contributed by atoms with E-state index in [-0.39, 0.29) is 18.3 Å². The number of benzene rings is 1. The topological polar surface area (TPSA) is 63.4 Å². The Labute approximate surface area is 112 Å². The van der Waals surface area contributed by atoms with E-state index in [0.717, 1.165) is 16.4 Å². The molecular formula is C12H18F2N2O2S. The van der Waals surface area contributed by atoms with Gasteiger partial charge >= 0.3 is 0 Å². The number of hydrogen-bond acceptors (Lipinski definition) is 3. The Morgan fingerprint density at radius 2 is 1.74 bits per heavy atom. The van der Waals surface area contributed by atoms with Crippen molar-refractivity contribution in [3.8, 4) is 0 Å². The molecule has 0 saturated heterocycles. The van der Waals surface area contributed by atoms with Gasteiger partial charge in [0.15, 0.2) is 4.90 Å². The van der Waals surface area contributed by atoms with E-state index in [2.05, 4.69) is 0 Å². The van der Waals surface area contributed by atoms with E-state index in [0.29, 0.717) is 6.42 Å². The van der Waals surface area contributed by atoms with Crippen LogP contribution in [0.4, 0.5) is 14.5 Å². The second kappa shape index (κ2) is 5.83. The highest BCUT2D eigenvalue weighted by Crippen LogP contribution is 2.26. The maximum atomic E-state index is 13.7. The van der Waals surface area contributed by atoms with Gasteiger partial charge in [-0.15, -0.1) is 0 Å². The Morgan fingerprint density at radius 1 is 1.26 bits per heavy atom. The summed E-state index contributed by atoms with van der Waals surface area (Å²) in [7, 11) is -4.21. The van der Waals surface area contributed by atoms with Crippen LogP contribution in [0.3, 0.4) is 0 Å². The maximum absolute atomic E-state index is 13.7. The van der Waals surface area contributed by atoms with Gasteiger partial charge in [0.2, 0.25) is 10.0 Å². The number of nitrogen functional groups attached to an aromatic ring is 1. The molecule has 1 aromatic rings. The molecule has 1 atom stereocenters. The Balaban J connectivity index is 3.42. The lowest BCUT2D eigenvalue weighted by Crippen LogP contribution is -2.38. The summed E-state index contributed by atoms with van der Waals surface area (Å²) >= 11 is 0. The summed E-state index contributed by atoms with van der Waals surface area (Å²) in [4.78, 5) is -0.941. The molecule has 0 amide bonds. The van der Waals surface area contributed by atoms with Gasteiger partial charge < -0.3 is 5.73 Å². The van der Waals surface area contributed by atoms with Gasteiger partial charge in [-0.3, -0.25) is 0 Å². The van der Waals surface area contributed by atoms with E-state index in [1.54, 1.807) is 20.8 Å². The number of sulfonamides is 1. The number of anilines is 1. The van der Waals surface area contributed by atoms with E-state index in [1.165, 1.54) is 0 Å². The van der Waals surface area contributed by atoms with Crippen LogP contribution in [0.25, 0.3) is 0 Å². The Kier molecular flexibility index (Phi) is 4.86. The van der Waals surface area contributed by atoms with Crippen LogP contribution in [0.15, 0.2) is 17.0 Å². The van der Waals surface area contributed by atoms with Crippen LogP contribution in [-0.4, -0.2) is 25.3 Å². The van der Waals surface area contributed by atoms with Gasteiger partial charge in [-0.1, -0.05) is 13.8 Å². The van der Waals surface area contributed by atoms with Gasteiger partial charge in [-0.2, -0.15) is 4.31 Å². The molecule has 4 nitrogen and oxygen atoms in total. The first kappa shape index (κ1) is 15.8. The van der Waals surface area contributed by atoms with E-state index in [1.807, 2.05) is 0 Å². The van der Waals surface area contributed by atoms with E-state index in [9.17, 15) is 17.2 Å². The molecule has 0 bridgehead atoms. The molecule has 1 unspecified atom stereocenters. The van der Waals surface area contributed by atoms with Crippen molar-refractivity contribution in [3.05, 3.63) is 23.8 Å². The number of rotatable bonds is 5. The van der Waals surface area contributed by atoms with Crippen molar-refractivity contribution in [1.29, 1.82) is 0 Å². The summed E-state index contributed by atoms with van der Waals surface area (Å²) in [5.74, 6) is -2.33. The molecule has 0 aliphatic carbocycles. The third-order valence-corrected chi connectivity index (χ3v) is 5.12. The molecule has 0 heterocycles. The van der Waals surface area contributed by atoms with Crippen LogP contribution >= 0.6 is 0 Å². The fraction of sp³-hybridized carbons (Fsp3) is 0.500. The predicted octanol–water partition coefficient (Wildman–Crippen LogP) is 2.36. The number of nitrogens with zero attached hydrogens (tertiary/aromatic N) is 1. The first-order valence-electron chi connectivity index (χ1n) is 6.02. The van der Waals surface area contributed by atoms with Crippen LogP contribution < -0.4 is 5.73 Å². The minimum Gasteiger partial charge on any atom is -0.399 e. The molecule has 0 radical (unpaired) electrons. The fourth-order valence-corrected chi connectivity index (χ4v) is 3.67. The van der Waals surface area contributed by atoms with Crippen molar-refractivity contribution in [2.45, 2.75) is 38.1 Å². The molecule has 0 fully saturated rings. The van der Waals surface area contributed by atoms with Crippen molar-refractivity contribution in [2.75, 3.05) is 12.3 Å². The van der Waals surface area contributed by atoms with Gasteiger partial charge in [0.05, 0.1) is 0 Å². The molecule has 0 saturated carbocycles. The highest BCUT2D eigenvalue weighted by molar-refractivity contribution is 7.89. The lowest BCUT2D eigenvalue weighted by molar-refractivity contribution is 0.338. The molecular weight excluding hydrogens is 274 g/mol. The third kappa shape index (κ3) is 3.03. The Hall–Kier alpha value is -1.21. The molecule has 1 rings (SSSR count). The molecule has 1 aromatic carbocycles. The van der Waals surface area contributed by atoms with Crippen molar-refractivity contribution in [1.82, 2.24) is 4.31 Å². The number of nitrogens with two attached hydrogens (primary N) is 1. The highest BCUT2D eigenvalue weighted by atomic mass is 32.2. The lowest BCUT2D eigenvalue weighted by atomic mass is 10.3. The zero-order valence-electron chi connectivity index (χ0n) is 11.2. The number of halogens is 2. The van der Waals surface area contributed by atoms with Crippen molar-refractivity contribution >= 4 is 15.7 Å². The predicted molar refractivity (Wildman–Crippen MR) is 70.1 cm³/mol. The van der Waals surface area contributed by atoms with Gasteiger partial charge in [0, 0.05) is 18.3 Å². The molecule has 0 spiro atoms. The maximum Gasteiger partial charge on any atom is 0.249 e. The first-order valence-corrected chi connectivity index (χ1v) is 7.46. The summed E-state index contributed by atoms with van der Waals surface area (Å²) in [6.45, 7) is 5.25.